The van der Waals surface area contributed by atoms with Gasteiger partial charge in [-0.25, -0.2) is 9.97 Å². The summed E-state index contributed by atoms with van der Waals surface area (Å²) in [5.74, 6) is 1.34. The van der Waals surface area contributed by atoms with Crippen LogP contribution in [0, 0.1) is 0 Å². The smallest absolute Gasteiger partial charge is 0.187 e. The monoisotopic (exact) mass is 246 g/mol. The summed E-state index contributed by atoms with van der Waals surface area (Å²) in [5, 5.41) is 1.00. The average molecular weight is 246 g/mol. The predicted molar refractivity (Wildman–Crippen MR) is 71.3 cm³/mol. The fraction of sp³-hybridized carbons (Fsp3) is 0.429. The van der Waals surface area contributed by atoms with Crippen LogP contribution in [0.4, 0.5) is 0 Å². The molecule has 0 spiro atoms. The van der Waals surface area contributed by atoms with Crippen LogP contribution in [0.1, 0.15) is 26.5 Å². The molecule has 0 N–H and O–H groups in total. The van der Waals surface area contributed by atoms with Crippen molar-refractivity contribution in [1.82, 2.24) is 9.97 Å². The quantitative estimate of drug-likeness (QED) is 0.817. The van der Waals surface area contributed by atoms with Crippen molar-refractivity contribution >= 4 is 10.9 Å². The van der Waals surface area contributed by atoms with Crippen LogP contribution in [0.15, 0.2) is 18.5 Å². The SMILES string of the molecule is COc1ccc2c(C(C)(C)C)ncnc2c1OC. The molecule has 0 aliphatic heterocycles. The lowest BCUT2D eigenvalue weighted by molar-refractivity contribution is 0.358. The number of hydrogen-bond donors (Lipinski definition) is 0. The van der Waals surface area contributed by atoms with Crippen molar-refractivity contribution in [3.8, 4) is 11.5 Å². The summed E-state index contributed by atoms with van der Waals surface area (Å²) < 4.78 is 10.7. The molecule has 0 radical (unpaired) electrons. The summed E-state index contributed by atoms with van der Waals surface area (Å²) in [6.07, 6.45) is 1.57. The van der Waals surface area contributed by atoms with E-state index in [9.17, 15) is 0 Å². The third-order valence-corrected chi connectivity index (χ3v) is 2.86. The molecule has 0 unspecified atom stereocenters. The van der Waals surface area contributed by atoms with Crippen LogP contribution in [0.5, 0.6) is 11.5 Å². The molecule has 2 rings (SSSR count). The fourth-order valence-electron chi connectivity index (χ4n) is 2.04. The molecule has 4 nitrogen and oxygen atoms in total. The zero-order valence-corrected chi connectivity index (χ0v) is 11.4. The molecule has 1 aromatic heterocycles. The van der Waals surface area contributed by atoms with Gasteiger partial charge in [-0.2, -0.15) is 0 Å². The van der Waals surface area contributed by atoms with E-state index in [1.165, 1.54) is 0 Å². The highest BCUT2D eigenvalue weighted by Gasteiger charge is 2.21. The summed E-state index contributed by atoms with van der Waals surface area (Å²) in [6.45, 7) is 6.39. The van der Waals surface area contributed by atoms with Gasteiger partial charge >= 0.3 is 0 Å². The molecule has 96 valence electrons. The standard InChI is InChI=1S/C14H18N2O2/c1-14(2,3)13-9-6-7-10(17-4)12(18-5)11(9)15-8-16-13/h6-8H,1-5H3. The van der Waals surface area contributed by atoms with E-state index in [-0.39, 0.29) is 5.41 Å². The number of ether oxygens (including phenoxy) is 2. The van der Waals surface area contributed by atoms with Crippen molar-refractivity contribution < 1.29 is 9.47 Å². The van der Waals surface area contributed by atoms with Crippen LogP contribution >= 0.6 is 0 Å². The van der Waals surface area contributed by atoms with Crippen LogP contribution in [0.2, 0.25) is 0 Å². The number of hydrogen-bond acceptors (Lipinski definition) is 4. The molecule has 18 heavy (non-hydrogen) atoms. The maximum atomic E-state index is 5.40. The van der Waals surface area contributed by atoms with Gasteiger partial charge in [0, 0.05) is 10.8 Å². The van der Waals surface area contributed by atoms with Crippen LogP contribution in [-0.2, 0) is 5.41 Å². The maximum Gasteiger partial charge on any atom is 0.187 e. The lowest BCUT2D eigenvalue weighted by Crippen LogP contribution is -2.14. The number of benzene rings is 1. The molecule has 0 fully saturated rings. The lowest BCUT2D eigenvalue weighted by atomic mass is 9.89. The third-order valence-electron chi connectivity index (χ3n) is 2.86. The van der Waals surface area contributed by atoms with Gasteiger partial charge in [0.1, 0.15) is 11.8 Å². The number of methoxy groups -OCH3 is 2. The molecule has 1 aromatic carbocycles. The minimum absolute atomic E-state index is 0.0409. The first kappa shape index (κ1) is 12.6. The average Bonchev–Trinajstić information content (AvgIpc) is 2.35. The molecule has 0 aliphatic rings. The maximum absolute atomic E-state index is 5.40. The Balaban J connectivity index is 2.81. The highest BCUT2D eigenvalue weighted by Crippen LogP contribution is 2.37. The number of nitrogens with zero attached hydrogens (tertiary/aromatic N) is 2. The summed E-state index contributed by atoms with van der Waals surface area (Å²) in [4.78, 5) is 8.72. The van der Waals surface area contributed by atoms with Crippen molar-refractivity contribution in [3.05, 3.63) is 24.2 Å². The Morgan fingerprint density at radius 2 is 1.72 bits per heavy atom. The summed E-state index contributed by atoms with van der Waals surface area (Å²) >= 11 is 0. The number of fused-ring (bicyclic) bond motifs is 1. The van der Waals surface area contributed by atoms with Crippen molar-refractivity contribution in [2.24, 2.45) is 0 Å². The first-order chi connectivity index (χ1) is 8.49. The van der Waals surface area contributed by atoms with Crippen LogP contribution in [-0.4, -0.2) is 24.2 Å². The van der Waals surface area contributed by atoms with Crippen LogP contribution in [0.25, 0.3) is 10.9 Å². The predicted octanol–water partition coefficient (Wildman–Crippen LogP) is 2.94. The molecule has 2 aromatic rings. The van der Waals surface area contributed by atoms with E-state index in [0.717, 1.165) is 16.6 Å². The zero-order chi connectivity index (χ0) is 13.3. The first-order valence-corrected chi connectivity index (χ1v) is 5.85. The van der Waals surface area contributed by atoms with Gasteiger partial charge < -0.3 is 9.47 Å². The molecule has 0 amide bonds. The normalized spacial score (nSPS) is 11.6. The van der Waals surface area contributed by atoms with E-state index in [0.29, 0.717) is 11.5 Å². The molecule has 0 saturated heterocycles. The van der Waals surface area contributed by atoms with Gasteiger partial charge in [-0.1, -0.05) is 20.8 Å². The van der Waals surface area contributed by atoms with Gasteiger partial charge in [0.05, 0.1) is 19.9 Å². The summed E-state index contributed by atoms with van der Waals surface area (Å²) in [6, 6.07) is 3.87. The Hall–Kier alpha value is -1.84. The summed E-state index contributed by atoms with van der Waals surface area (Å²) in [7, 11) is 3.24. The molecular weight excluding hydrogens is 228 g/mol. The Labute approximate surface area is 107 Å². The topological polar surface area (TPSA) is 44.2 Å². The third kappa shape index (κ3) is 1.98. The van der Waals surface area contributed by atoms with Crippen molar-refractivity contribution in [1.29, 1.82) is 0 Å². The van der Waals surface area contributed by atoms with Crippen molar-refractivity contribution in [2.45, 2.75) is 26.2 Å². The van der Waals surface area contributed by atoms with E-state index in [4.69, 9.17) is 9.47 Å². The zero-order valence-electron chi connectivity index (χ0n) is 11.4. The van der Waals surface area contributed by atoms with Crippen molar-refractivity contribution in [2.75, 3.05) is 14.2 Å². The largest absolute Gasteiger partial charge is 0.493 e. The number of aromatic nitrogens is 2. The van der Waals surface area contributed by atoms with Gasteiger partial charge in [-0.15, -0.1) is 0 Å². The van der Waals surface area contributed by atoms with E-state index in [1.54, 1.807) is 20.5 Å². The molecule has 1 heterocycles. The molecule has 0 saturated carbocycles. The number of rotatable bonds is 2. The van der Waals surface area contributed by atoms with E-state index in [2.05, 4.69) is 30.7 Å². The molecule has 4 heteroatoms. The van der Waals surface area contributed by atoms with Crippen LogP contribution in [0.3, 0.4) is 0 Å². The van der Waals surface area contributed by atoms with Gasteiger partial charge in [0.25, 0.3) is 0 Å². The second kappa shape index (κ2) is 4.44. The second-order valence-corrected chi connectivity index (χ2v) is 5.17. The van der Waals surface area contributed by atoms with Gasteiger partial charge in [0.15, 0.2) is 11.5 Å². The Morgan fingerprint density at radius 1 is 1.00 bits per heavy atom. The van der Waals surface area contributed by atoms with E-state index >= 15 is 0 Å². The highest BCUT2D eigenvalue weighted by molar-refractivity contribution is 5.89. The Kier molecular flexibility index (Phi) is 3.11. The molecular formula is C14H18N2O2. The van der Waals surface area contributed by atoms with Crippen LogP contribution < -0.4 is 9.47 Å². The first-order valence-electron chi connectivity index (χ1n) is 5.85. The lowest BCUT2D eigenvalue weighted by Gasteiger charge is -2.20. The molecule has 0 bridgehead atoms. The van der Waals surface area contributed by atoms with Gasteiger partial charge in [-0.3, -0.25) is 0 Å². The van der Waals surface area contributed by atoms with E-state index in [1.807, 2.05) is 12.1 Å². The second-order valence-electron chi connectivity index (χ2n) is 5.17. The minimum Gasteiger partial charge on any atom is -0.493 e. The van der Waals surface area contributed by atoms with Gasteiger partial charge in [0.2, 0.25) is 0 Å². The Morgan fingerprint density at radius 3 is 2.28 bits per heavy atom. The molecule has 0 aliphatic carbocycles. The molecule has 0 atom stereocenters. The van der Waals surface area contributed by atoms with Gasteiger partial charge in [-0.05, 0) is 12.1 Å². The van der Waals surface area contributed by atoms with Crippen molar-refractivity contribution in [3.63, 3.8) is 0 Å². The minimum atomic E-state index is -0.0409. The Bertz CT molecular complexity index is 574. The van der Waals surface area contributed by atoms with E-state index < -0.39 is 0 Å². The highest BCUT2D eigenvalue weighted by atomic mass is 16.5. The summed E-state index contributed by atoms with van der Waals surface area (Å²) in [5.41, 5.74) is 1.76. The fourth-order valence-corrected chi connectivity index (χ4v) is 2.04.